The van der Waals surface area contributed by atoms with E-state index < -0.39 is 33.4 Å². The first kappa shape index (κ1) is 21.1. The zero-order valence-corrected chi connectivity index (χ0v) is 16.9. The van der Waals surface area contributed by atoms with Gasteiger partial charge in [0.1, 0.15) is 11.9 Å². The summed E-state index contributed by atoms with van der Waals surface area (Å²) >= 11 is 0. The fourth-order valence-corrected chi connectivity index (χ4v) is 3.92. The van der Waals surface area contributed by atoms with Crippen LogP contribution in [0.4, 0.5) is 18.9 Å². The lowest BCUT2D eigenvalue weighted by molar-refractivity contribution is -0.114. The number of fused-ring (bicyclic) bond motifs is 1. The maximum Gasteiger partial charge on any atom is 0.435 e. The highest BCUT2D eigenvalue weighted by molar-refractivity contribution is 7.89. The van der Waals surface area contributed by atoms with Crippen molar-refractivity contribution in [2.45, 2.75) is 30.5 Å². The number of primary sulfonamides is 1. The second-order valence-electron chi connectivity index (χ2n) is 7.16. The first-order valence-corrected chi connectivity index (χ1v) is 10.6. The molecule has 1 amide bonds. The molecular weight excluding hydrogens is 435 g/mol. The number of amides is 1. The summed E-state index contributed by atoms with van der Waals surface area (Å²) in [6.07, 6.45) is -3.15. The molecule has 162 valence electrons. The van der Waals surface area contributed by atoms with Gasteiger partial charge < -0.3 is 4.74 Å². The molecule has 4 rings (SSSR count). The molecule has 2 N–H and O–H groups in total. The Morgan fingerprint density at radius 2 is 1.87 bits per heavy atom. The van der Waals surface area contributed by atoms with Crippen molar-refractivity contribution in [2.75, 3.05) is 5.01 Å². The van der Waals surface area contributed by atoms with Crippen LogP contribution in [0.25, 0.3) is 6.08 Å². The smallest absolute Gasteiger partial charge is 0.435 e. The van der Waals surface area contributed by atoms with Gasteiger partial charge in [-0.3, -0.25) is 4.79 Å². The second kappa shape index (κ2) is 7.20. The van der Waals surface area contributed by atoms with Gasteiger partial charge in [0.15, 0.2) is 5.71 Å². The molecule has 2 heterocycles. The molecule has 0 radical (unpaired) electrons. The van der Waals surface area contributed by atoms with Gasteiger partial charge in [0.2, 0.25) is 10.0 Å². The number of halogens is 3. The van der Waals surface area contributed by atoms with E-state index in [1.54, 1.807) is 18.2 Å². The molecule has 0 fully saturated rings. The molecule has 11 heteroatoms. The number of rotatable bonds is 3. The van der Waals surface area contributed by atoms with E-state index in [0.29, 0.717) is 22.7 Å². The highest BCUT2D eigenvalue weighted by Crippen LogP contribution is 2.34. The van der Waals surface area contributed by atoms with E-state index in [9.17, 15) is 26.4 Å². The van der Waals surface area contributed by atoms with Crippen molar-refractivity contribution < 1.29 is 31.1 Å². The Labute approximate surface area is 175 Å². The summed E-state index contributed by atoms with van der Waals surface area (Å²) in [5.74, 6) is -0.325. The third-order valence-corrected chi connectivity index (χ3v) is 5.72. The molecule has 1 unspecified atom stereocenters. The lowest BCUT2D eigenvalue weighted by atomic mass is 10.0. The molecule has 1 atom stereocenters. The van der Waals surface area contributed by atoms with Gasteiger partial charge in [0.25, 0.3) is 5.91 Å². The van der Waals surface area contributed by atoms with E-state index in [2.05, 4.69) is 5.10 Å². The molecule has 2 aliphatic rings. The van der Waals surface area contributed by atoms with Gasteiger partial charge in [-0.15, -0.1) is 0 Å². The van der Waals surface area contributed by atoms with Gasteiger partial charge in [-0.25, -0.2) is 13.6 Å². The number of nitrogens with two attached hydrogens (primary N) is 1. The monoisotopic (exact) mass is 451 g/mol. The lowest BCUT2D eigenvalue weighted by Gasteiger charge is -2.12. The van der Waals surface area contributed by atoms with Gasteiger partial charge >= 0.3 is 6.18 Å². The van der Waals surface area contributed by atoms with Crippen LogP contribution in [0.2, 0.25) is 0 Å². The number of sulfonamides is 1. The third-order valence-electron chi connectivity index (χ3n) is 4.79. The Morgan fingerprint density at radius 1 is 1.19 bits per heavy atom. The molecule has 0 spiro atoms. The Bertz CT molecular complexity index is 1240. The SMILES string of the molecule is CC1Cc2cc(C=C3C(=O)N(c4ccc(S(N)(=O)=O)cc4)N=C3C(F)(F)F)ccc2O1. The lowest BCUT2D eigenvalue weighted by Crippen LogP contribution is -2.25. The predicted octanol–water partition coefficient (Wildman–Crippen LogP) is 3.01. The number of nitrogens with zero attached hydrogens (tertiary/aromatic N) is 2. The van der Waals surface area contributed by atoms with Crippen LogP contribution in [-0.4, -0.2) is 32.3 Å². The Kier molecular flexibility index (Phi) is 4.90. The number of hydrogen-bond donors (Lipinski definition) is 1. The van der Waals surface area contributed by atoms with Crippen molar-refractivity contribution in [3.8, 4) is 5.75 Å². The first-order valence-electron chi connectivity index (χ1n) is 9.08. The van der Waals surface area contributed by atoms with Crippen LogP contribution in [0, 0.1) is 0 Å². The fraction of sp³-hybridized carbons (Fsp3) is 0.200. The van der Waals surface area contributed by atoms with Crippen molar-refractivity contribution in [1.29, 1.82) is 0 Å². The zero-order valence-electron chi connectivity index (χ0n) is 16.1. The normalized spacial score (nSPS) is 20.1. The Morgan fingerprint density at radius 3 is 2.48 bits per heavy atom. The van der Waals surface area contributed by atoms with Crippen LogP contribution >= 0.6 is 0 Å². The average molecular weight is 451 g/mol. The van der Waals surface area contributed by atoms with Gasteiger partial charge in [-0.2, -0.15) is 23.3 Å². The molecule has 0 saturated carbocycles. The highest BCUT2D eigenvalue weighted by atomic mass is 32.2. The van der Waals surface area contributed by atoms with Gasteiger partial charge in [0.05, 0.1) is 16.2 Å². The predicted molar refractivity (Wildman–Crippen MR) is 107 cm³/mol. The summed E-state index contributed by atoms with van der Waals surface area (Å²) in [5, 5.41) is 9.07. The Balaban J connectivity index is 1.72. The standard InChI is InChI=1S/C20H16F3N3O4S/c1-11-8-13-9-12(2-7-17(13)30-11)10-16-18(20(21,22)23)25-26(19(16)27)14-3-5-15(6-4-14)31(24,28)29/h2-7,9-11H,8H2,1H3,(H2,24,28,29). The number of carbonyl (C=O) groups is 1. The minimum atomic E-state index is -4.87. The van der Waals surface area contributed by atoms with E-state index in [-0.39, 0.29) is 16.7 Å². The summed E-state index contributed by atoms with van der Waals surface area (Å²) in [4.78, 5) is 12.6. The van der Waals surface area contributed by atoms with Crippen LogP contribution < -0.4 is 14.9 Å². The van der Waals surface area contributed by atoms with E-state index in [1.807, 2.05) is 6.92 Å². The minimum Gasteiger partial charge on any atom is -0.490 e. The average Bonchev–Trinajstić information content (AvgIpc) is 3.20. The van der Waals surface area contributed by atoms with Crippen molar-refractivity contribution in [3.63, 3.8) is 0 Å². The summed E-state index contributed by atoms with van der Waals surface area (Å²) in [6, 6.07) is 9.39. The van der Waals surface area contributed by atoms with Gasteiger partial charge in [0, 0.05) is 6.42 Å². The maximum atomic E-state index is 13.6. The second-order valence-corrected chi connectivity index (χ2v) is 8.72. The van der Waals surface area contributed by atoms with E-state index in [1.165, 1.54) is 0 Å². The van der Waals surface area contributed by atoms with Crippen LogP contribution in [0.5, 0.6) is 5.75 Å². The van der Waals surface area contributed by atoms with Crippen molar-refractivity contribution in [2.24, 2.45) is 10.2 Å². The van der Waals surface area contributed by atoms with E-state index >= 15 is 0 Å². The summed E-state index contributed by atoms with van der Waals surface area (Å²) in [6.45, 7) is 1.88. The van der Waals surface area contributed by atoms with Crippen LogP contribution in [0.1, 0.15) is 18.1 Å². The number of alkyl halides is 3. The van der Waals surface area contributed by atoms with Crippen LogP contribution in [-0.2, 0) is 21.2 Å². The summed E-state index contributed by atoms with van der Waals surface area (Å²) in [7, 11) is -3.99. The molecule has 7 nitrogen and oxygen atoms in total. The Hall–Kier alpha value is -3.18. The van der Waals surface area contributed by atoms with E-state index in [0.717, 1.165) is 35.9 Å². The van der Waals surface area contributed by atoms with Crippen LogP contribution in [0.3, 0.4) is 0 Å². The minimum absolute atomic E-state index is 0.0290. The molecule has 0 bridgehead atoms. The number of hydrogen-bond acceptors (Lipinski definition) is 5. The molecule has 2 aromatic rings. The number of benzene rings is 2. The summed E-state index contributed by atoms with van der Waals surface area (Å²) < 4.78 is 69.1. The van der Waals surface area contributed by atoms with Gasteiger partial charge in [-0.1, -0.05) is 6.07 Å². The van der Waals surface area contributed by atoms with Crippen molar-refractivity contribution in [1.82, 2.24) is 0 Å². The van der Waals surface area contributed by atoms with Crippen LogP contribution in [0.15, 0.2) is 58.0 Å². The number of ether oxygens (including phenoxy) is 1. The third kappa shape index (κ3) is 4.06. The van der Waals surface area contributed by atoms with Crippen molar-refractivity contribution >= 4 is 33.4 Å². The molecule has 2 aliphatic heterocycles. The van der Waals surface area contributed by atoms with Crippen molar-refractivity contribution in [3.05, 3.63) is 59.2 Å². The maximum absolute atomic E-state index is 13.6. The number of carbonyl (C=O) groups excluding carboxylic acids is 1. The first-order chi connectivity index (χ1) is 14.4. The van der Waals surface area contributed by atoms with E-state index in [4.69, 9.17) is 9.88 Å². The quantitative estimate of drug-likeness (QED) is 0.725. The fourth-order valence-electron chi connectivity index (χ4n) is 3.40. The molecule has 0 aromatic heterocycles. The topological polar surface area (TPSA) is 102 Å². The number of hydrazone groups is 1. The highest BCUT2D eigenvalue weighted by Gasteiger charge is 2.46. The molecule has 0 saturated heterocycles. The molecule has 0 aliphatic carbocycles. The molecule has 2 aromatic carbocycles. The largest absolute Gasteiger partial charge is 0.490 e. The zero-order chi connectivity index (χ0) is 22.6. The molecular formula is C20H16F3N3O4S. The van der Waals surface area contributed by atoms with Gasteiger partial charge in [-0.05, 0) is 60.5 Å². The molecule has 31 heavy (non-hydrogen) atoms. The number of anilines is 1. The summed E-state index contributed by atoms with van der Waals surface area (Å²) in [5.41, 5.74) is -0.733.